The van der Waals surface area contributed by atoms with Gasteiger partial charge in [0, 0.05) is 19.6 Å². The van der Waals surface area contributed by atoms with Crippen LogP contribution in [-0.2, 0) is 6.54 Å². The van der Waals surface area contributed by atoms with Gasteiger partial charge in [0.05, 0.1) is 16.3 Å². The molecule has 4 heteroatoms. The standard InChI is InChI=1S/C13H19ClN2O/c1-13(17)5-7-16(8-6-13)12-10(9-15)3-2-4-11(12)14/h2-4,17H,5-9,15H2,1H3. The Morgan fingerprint density at radius 2 is 2.06 bits per heavy atom. The molecule has 0 atom stereocenters. The summed E-state index contributed by atoms with van der Waals surface area (Å²) in [6.45, 7) is 4.02. The molecule has 3 N–H and O–H groups in total. The normalized spacial score (nSPS) is 19.4. The smallest absolute Gasteiger partial charge is 0.0653 e. The third-order valence-corrected chi connectivity index (χ3v) is 3.75. The molecule has 1 saturated heterocycles. The van der Waals surface area contributed by atoms with Crippen molar-refractivity contribution in [3.8, 4) is 0 Å². The van der Waals surface area contributed by atoms with Crippen LogP contribution < -0.4 is 10.6 Å². The molecule has 0 aromatic heterocycles. The average Bonchev–Trinajstić information content (AvgIpc) is 2.29. The summed E-state index contributed by atoms with van der Waals surface area (Å²) in [7, 11) is 0. The SMILES string of the molecule is CC1(O)CCN(c2c(Cl)cccc2CN)CC1. The van der Waals surface area contributed by atoms with E-state index in [1.54, 1.807) is 0 Å². The Kier molecular flexibility index (Phi) is 3.61. The van der Waals surface area contributed by atoms with Gasteiger partial charge in [-0.05, 0) is 31.4 Å². The number of halogens is 1. The Morgan fingerprint density at radius 1 is 1.41 bits per heavy atom. The molecule has 0 amide bonds. The molecule has 0 aliphatic carbocycles. The van der Waals surface area contributed by atoms with Crippen LogP contribution in [0.15, 0.2) is 18.2 Å². The first kappa shape index (κ1) is 12.7. The molecule has 3 nitrogen and oxygen atoms in total. The van der Waals surface area contributed by atoms with E-state index in [1.165, 1.54) is 0 Å². The van der Waals surface area contributed by atoms with Gasteiger partial charge >= 0.3 is 0 Å². The molecule has 2 rings (SSSR count). The lowest BCUT2D eigenvalue weighted by molar-refractivity contribution is 0.0351. The summed E-state index contributed by atoms with van der Waals surface area (Å²) in [5.41, 5.74) is 7.31. The van der Waals surface area contributed by atoms with E-state index >= 15 is 0 Å². The molecule has 1 aliphatic rings. The second-order valence-corrected chi connectivity index (χ2v) is 5.34. The van der Waals surface area contributed by atoms with Crippen molar-refractivity contribution in [2.75, 3.05) is 18.0 Å². The second-order valence-electron chi connectivity index (χ2n) is 4.94. The zero-order chi connectivity index (χ0) is 12.5. The highest BCUT2D eigenvalue weighted by Crippen LogP contribution is 2.33. The summed E-state index contributed by atoms with van der Waals surface area (Å²) in [5.74, 6) is 0. The lowest BCUT2D eigenvalue weighted by atomic mass is 9.93. The number of piperidine rings is 1. The Labute approximate surface area is 107 Å². The summed E-state index contributed by atoms with van der Waals surface area (Å²) in [4.78, 5) is 2.22. The van der Waals surface area contributed by atoms with Crippen molar-refractivity contribution in [3.05, 3.63) is 28.8 Å². The van der Waals surface area contributed by atoms with Gasteiger partial charge in [-0.1, -0.05) is 23.7 Å². The van der Waals surface area contributed by atoms with E-state index in [2.05, 4.69) is 4.90 Å². The van der Waals surface area contributed by atoms with Gasteiger partial charge in [0.25, 0.3) is 0 Å². The van der Waals surface area contributed by atoms with Crippen molar-refractivity contribution in [1.82, 2.24) is 0 Å². The van der Waals surface area contributed by atoms with Crippen LogP contribution in [0.5, 0.6) is 0 Å². The first-order valence-corrected chi connectivity index (χ1v) is 6.36. The monoisotopic (exact) mass is 254 g/mol. The molecule has 0 bridgehead atoms. The Hall–Kier alpha value is -0.770. The second kappa shape index (κ2) is 4.84. The fraction of sp³-hybridized carbons (Fsp3) is 0.538. The van der Waals surface area contributed by atoms with E-state index in [4.69, 9.17) is 17.3 Å². The molecular weight excluding hydrogens is 236 g/mol. The maximum Gasteiger partial charge on any atom is 0.0653 e. The minimum atomic E-state index is -0.541. The first-order chi connectivity index (χ1) is 8.03. The first-order valence-electron chi connectivity index (χ1n) is 5.98. The number of hydrogen-bond donors (Lipinski definition) is 2. The van der Waals surface area contributed by atoms with Crippen molar-refractivity contribution in [2.45, 2.75) is 31.9 Å². The number of hydrogen-bond acceptors (Lipinski definition) is 3. The minimum absolute atomic E-state index is 0.489. The molecule has 1 aromatic carbocycles. The van der Waals surface area contributed by atoms with Crippen LogP contribution in [0, 0.1) is 0 Å². The largest absolute Gasteiger partial charge is 0.390 e. The summed E-state index contributed by atoms with van der Waals surface area (Å²) >= 11 is 6.25. The van der Waals surface area contributed by atoms with Gasteiger partial charge in [0.15, 0.2) is 0 Å². The maximum absolute atomic E-state index is 9.95. The van der Waals surface area contributed by atoms with Gasteiger partial charge in [0.1, 0.15) is 0 Å². The van der Waals surface area contributed by atoms with Crippen molar-refractivity contribution in [2.24, 2.45) is 5.73 Å². The molecule has 1 fully saturated rings. The summed E-state index contributed by atoms with van der Waals surface area (Å²) in [5, 5.41) is 10.7. The molecule has 0 radical (unpaired) electrons. The van der Waals surface area contributed by atoms with E-state index < -0.39 is 5.60 Å². The van der Waals surface area contributed by atoms with Crippen molar-refractivity contribution >= 4 is 17.3 Å². The molecule has 0 saturated carbocycles. The predicted octanol–water partition coefficient (Wildman–Crippen LogP) is 2.15. The van der Waals surface area contributed by atoms with Crippen LogP contribution in [0.4, 0.5) is 5.69 Å². The third kappa shape index (κ3) is 2.73. The molecular formula is C13H19ClN2O. The Bertz CT molecular complexity index is 396. The maximum atomic E-state index is 9.95. The zero-order valence-electron chi connectivity index (χ0n) is 10.1. The number of anilines is 1. The molecule has 0 spiro atoms. The fourth-order valence-electron chi connectivity index (χ4n) is 2.29. The number of nitrogens with two attached hydrogens (primary N) is 1. The van der Waals surface area contributed by atoms with Crippen molar-refractivity contribution in [3.63, 3.8) is 0 Å². The molecule has 1 aliphatic heterocycles. The summed E-state index contributed by atoms with van der Waals surface area (Å²) in [6, 6.07) is 5.82. The van der Waals surface area contributed by atoms with Gasteiger partial charge < -0.3 is 15.7 Å². The number of benzene rings is 1. The lowest BCUT2D eigenvalue weighted by Gasteiger charge is -2.38. The van der Waals surface area contributed by atoms with E-state index in [9.17, 15) is 5.11 Å². The number of nitrogens with zero attached hydrogens (tertiary/aromatic N) is 1. The molecule has 1 heterocycles. The third-order valence-electron chi connectivity index (χ3n) is 3.45. The van der Waals surface area contributed by atoms with Crippen molar-refractivity contribution < 1.29 is 5.11 Å². The average molecular weight is 255 g/mol. The topological polar surface area (TPSA) is 49.5 Å². The van der Waals surface area contributed by atoms with Crippen LogP contribution in [0.1, 0.15) is 25.3 Å². The van der Waals surface area contributed by atoms with Crippen LogP contribution in [-0.4, -0.2) is 23.8 Å². The Balaban J connectivity index is 2.23. The molecule has 94 valence electrons. The highest BCUT2D eigenvalue weighted by molar-refractivity contribution is 6.33. The highest BCUT2D eigenvalue weighted by Gasteiger charge is 2.28. The minimum Gasteiger partial charge on any atom is -0.390 e. The quantitative estimate of drug-likeness (QED) is 0.850. The number of para-hydroxylation sites is 1. The number of rotatable bonds is 2. The van der Waals surface area contributed by atoms with Gasteiger partial charge in [-0.3, -0.25) is 0 Å². The summed E-state index contributed by atoms with van der Waals surface area (Å²) < 4.78 is 0. The molecule has 0 unspecified atom stereocenters. The van der Waals surface area contributed by atoms with Gasteiger partial charge in [-0.25, -0.2) is 0 Å². The van der Waals surface area contributed by atoms with Crippen LogP contribution in [0.3, 0.4) is 0 Å². The Morgan fingerprint density at radius 3 is 2.65 bits per heavy atom. The van der Waals surface area contributed by atoms with E-state index in [-0.39, 0.29) is 0 Å². The van der Waals surface area contributed by atoms with E-state index in [0.717, 1.165) is 42.2 Å². The highest BCUT2D eigenvalue weighted by atomic mass is 35.5. The lowest BCUT2D eigenvalue weighted by Crippen LogP contribution is -2.43. The van der Waals surface area contributed by atoms with E-state index in [1.807, 2.05) is 25.1 Å². The van der Waals surface area contributed by atoms with Gasteiger partial charge in [0.2, 0.25) is 0 Å². The van der Waals surface area contributed by atoms with Crippen LogP contribution >= 0.6 is 11.6 Å². The van der Waals surface area contributed by atoms with Gasteiger partial charge in [-0.2, -0.15) is 0 Å². The fourth-order valence-corrected chi connectivity index (χ4v) is 2.60. The zero-order valence-corrected chi connectivity index (χ0v) is 10.9. The molecule has 1 aromatic rings. The number of aliphatic hydroxyl groups is 1. The van der Waals surface area contributed by atoms with E-state index in [0.29, 0.717) is 6.54 Å². The van der Waals surface area contributed by atoms with Crippen LogP contribution in [0.2, 0.25) is 5.02 Å². The van der Waals surface area contributed by atoms with Crippen LogP contribution in [0.25, 0.3) is 0 Å². The predicted molar refractivity (Wildman–Crippen MR) is 71.4 cm³/mol. The summed E-state index contributed by atoms with van der Waals surface area (Å²) in [6.07, 6.45) is 1.53. The van der Waals surface area contributed by atoms with Crippen molar-refractivity contribution in [1.29, 1.82) is 0 Å². The van der Waals surface area contributed by atoms with Gasteiger partial charge in [-0.15, -0.1) is 0 Å². The molecule has 17 heavy (non-hydrogen) atoms.